The van der Waals surface area contributed by atoms with Crippen LogP contribution in [0.3, 0.4) is 0 Å². The Kier molecular flexibility index (Phi) is 3.59. The molecule has 2 N–H and O–H groups in total. The van der Waals surface area contributed by atoms with Crippen LogP contribution in [0.4, 0.5) is 5.82 Å². The molecule has 0 aliphatic heterocycles. The quantitative estimate of drug-likeness (QED) is 0.661. The van der Waals surface area contributed by atoms with Crippen LogP contribution in [0.15, 0.2) is 11.1 Å². The second-order valence-electron chi connectivity index (χ2n) is 5.01. The second-order valence-corrected chi connectivity index (χ2v) is 6.54. The first-order valence-corrected chi connectivity index (χ1v) is 7.60. The van der Waals surface area contributed by atoms with Crippen molar-refractivity contribution in [1.29, 1.82) is 0 Å². The smallest absolute Gasteiger partial charge is 0.358 e. The summed E-state index contributed by atoms with van der Waals surface area (Å²) in [7, 11) is -4.13. The van der Waals surface area contributed by atoms with Crippen molar-refractivity contribution in [3.05, 3.63) is 16.3 Å². The zero-order chi connectivity index (χ0) is 14.2. The molecule has 9 heteroatoms. The molecule has 1 heterocycles. The third-order valence-electron chi connectivity index (χ3n) is 3.52. The number of rotatable bonds is 3. The van der Waals surface area contributed by atoms with Gasteiger partial charge in [-0.05, 0) is 36.5 Å². The third-order valence-corrected chi connectivity index (χ3v) is 4.42. The second kappa shape index (κ2) is 4.89. The van der Waals surface area contributed by atoms with Crippen LogP contribution in [-0.4, -0.2) is 23.1 Å². The van der Waals surface area contributed by atoms with E-state index >= 15 is 0 Å². The van der Waals surface area contributed by atoms with E-state index in [1.807, 2.05) is 0 Å². The lowest BCUT2D eigenvalue weighted by atomic mass is 9.87. The van der Waals surface area contributed by atoms with E-state index in [1.54, 1.807) is 0 Å². The van der Waals surface area contributed by atoms with Gasteiger partial charge in [0.15, 0.2) is 0 Å². The Morgan fingerprint density at radius 1 is 1.42 bits per heavy atom. The molecule has 0 amide bonds. The Morgan fingerprint density at radius 3 is 2.42 bits per heavy atom. The molecule has 0 atom stereocenters. The first-order chi connectivity index (χ1) is 8.79. The maximum absolute atomic E-state index is 11.3. The van der Waals surface area contributed by atoms with Crippen molar-refractivity contribution in [2.24, 2.45) is 11.1 Å². The number of nitro groups is 1. The van der Waals surface area contributed by atoms with Gasteiger partial charge in [-0.3, -0.25) is 0 Å². The van der Waals surface area contributed by atoms with E-state index in [0.29, 0.717) is 5.92 Å². The van der Waals surface area contributed by atoms with E-state index in [9.17, 15) is 18.5 Å². The van der Waals surface area contributed by atoms with Crippen molar-refractivity contribution in [2.75, 3.05) is 0 Å². The molecule has 0 bridgehead atoms. The summed E-state index contributed by atoms with van der Waals surface area (Å²) in [5.74, 6) is -0.0689. The summed E-state index contributed by atoms with van der Waals surface area (Å²) in [4.78, 5) is 9.49. The number of nitrogens with zero attached hydrogens (tertiary/aromatic N) is 3. The van der Waals surface area contributed by atoms with Crippen LogP contribution in [0.2, 0.25) is 0 Å². The zero-order valence-corrected chi connectivity index (χ0v) is 11.3. The highest BCUT2D eigenvalue weighted by Crippen LogP contribution is 2.33. The fourth-order valence-corrected chi connectivity index (χ4v) is 3.01. The molecule has 0 saturated heterocycles. The number of sulfonamides is 1. The molecule has 106 valence electrons. The van der Waals surface area contributed by atoms with E-state index in [-0.39, 0.29) is 6.04 Å². The molecule has 0 unspecified atom stereocenters. The van der Waals surface area contributed by atoms with Crippen molar-refractivity contribution in [2.45, 2.75) is 43.5 Å². The highest BCUT2D eigenvalue weighted by molar-refractivity contribution is 7.89. The molecule has 2 rings (SSSR count). The molecule has 0 spiro atoms. The fraction of sp³-hybridized carbons (Fsp3) is 0.700. The summed E-state index contributed by atoms with van der Waals surface area (Å²) in [6.45, 7) is 2.15. The summed E-state index contributed by atoms with van der Waals surface area (Å²) in [6.07, 6.45) is 4.86. The van der Waals surface area contributed by atoms with Crippen LogP contribution >= 0.6 is 0 Å². The van der Waals surface area contributed by atoms with E-state index in [1.165, 1.54) is 10.9 Å². The molecular formula is C10H16N4O4S. The maximum atomic E-state index is 11.3. The van der Waals surface area contributed by atoms with Crippen LogP contribution in [0.25, 0.3) is 0 Å². The number of aromatic nitrogens is 2. The predicted molar refractivity (Wildman–Crippen MR) is 66.9 cm³/mol. The molecule has 1 fully saturated rings. The van der Waals surface area contributed by atoms with Gasteiger partial charge >= 0.3 is 5.82 Å². The molecule has 1 aliphatic carbocycles. The van der Waals surface area contributed by atoms with Crippen molar-refractivity contribution < 1.29 is 13.3 Å². The minimum Gasteiger partial charge on any atom is -0.358 e. The zero-order valence-electron chi connectivity index (χ0n) is 10.5. The Bertz CT molecular complexity index is 587. The predicted octanol–water partition coefficient (Wildman–Crippen LogP) is 1.19. The average molecular weight is 288 g/mol. The van der Waals surface area contributed by atoms with Gasteiger partial charge in [0.2, 0.25) is 14.9 Å². The Morgan fingerprint density at radius 2 is 2.00 bits per heavy atom. The molecule has 1 aromatic heterocycles. The highest BCUT2D eigenvalue weighted by atomic mass is 32.2. The number of hydrogen-bond donors (Lipinski definition) is 1. The average Bonchev–Trinajstić information content (AvgIpc) is 2.74. The van der Waals surface area contributed by atoms with Crippen molar-refractivity contribution in [1.82, 2.24) is 9.78 Å². The molecule has 8 nitrogen and oxygen atoms in total. The molecule has 0 radical (unpaired) electrons. The van der Waals surface area contributed by atoms with Crippen LogP contribution in [0.5, 0.6) is 0 Å². The largest absolute Gasteiger partial charge is 0.410 e. The SMILES string of the molecule is CC1CCC(n2cc(S(N)(=O)=O)c([N+](=O)[O-])n2)CC1. The van der Waals surface area contributed by atoms with Gasteiger partial charge in [0, 0.05) is 0 Å². The molecule has 0 aromatic carbocycles. The van der Waals surface area contributed by atoms with Crippen LogP contribution < -0.4 is 5.14 Å². The standard InChI is InChI=1S/C10H16N4O4S/c1-7-2-4-8(5-3-7)13-6-9(19(11,17)18)10(12-13)14(15)16/h6-8H,2-5H2,1H3,(H2,11,17,18). The third kappa shape index (κ3) is 2.92. The Labute approximate surface area is 110 Å². The normalized spacial score (nSPS) is 24.3. The first kappa shape index (κ1) is 13.9. The minimum absolute atomic E-state index is 0.00500. The van der Waals surface area contributed by atoms with Gasteiger partial charge in [0.25, 0.3) is 0 Å². The lowest BCUT2D eigenvalue weighted by Gasteiger charge is -2.24. The number of hydrogen-bond acceptors (Lipinski definition) is 5. The molecule has 1 saturated carbocycles. The van der Waals surface area contributed by atoms with Gasteiger partial charge in [-0.15, -0.1) is 0 Å². The van der Waals surface area contributed by atoms with Crippen LogP contribution in [-0.2, 0) is 10.0 Å². The topological polar surface area (TPSA) is 121 Å². The van der Waals surface area contributed by atoms with Gasteiger partial charge in [0.1, 0.15) is 0 Å². The summed E-state index contributed by atoms with van der Waals surface area (Å²) in [6, 6.07) is 0.00500. The molecule has 19 heavy (non-hydrogen) atoms. The number of nitrogens with two attached hydrogens (primary N) is 1. The number of primary sulfonamides is 1. The first-order valence-electron chi connectivity index (χ1n) is 6.05. The van der Waals surface area contributed by atoms with E-state index in [0.717, 1.165) is 25.7 Å². The summed E-state index contributed by atoms with van der Waals surface area (Å²) in [5, 5.41) is 19.6. The molecular weight excluding hydrogens is 272 g/mol. The van der Waals surface area contributed by atoms with E-state index < -0.39 is 25.7 Å². The monoisotopic (exact) mass is 288 g/mol. The van der Waals surface area contributed by atoms with Gasteiger partial charge in [-0.25, -0.2) is 13.6 Å². The van der Waals surface area contributed by atoms with Gasteiger partial charge < -0.3 is 10.1 Å². The maximum Gasteiger partial charge on any atom is 0.410 e. The van der Waals surface area contributed by atoms with Crippen LogP contribution in [0.1, 0.15) is 38.6 Å². The summed E-state index contributed by atoms with van der Waals surface area (Å²) in [5.41, 5.74) is 0. The van der Waals surface area contributed by atoms with Gasteiger partial charge in [-0.1, -0.05) is 6.92 Å². The minimum atomic E-state index is -4.13. The molecule has 1 aliphatic rings. The Balaban J connectivity index is 2.36. The van der Waals surface area contributed by atoms with Crippen LogP contribution in [0, 0.1) is 16.0 Å². The summed E-state index contributed by atoms with van der Waals surface area (Å²) < 4.78 is 24.0. The van der Waals surface area contributed by atoms with Crippen molar-refractivity contribution in [3.63, 3.8) is 0 Å². The Hall–Kier alpha value is -1.48. The van der Waals surface area contributed by atoms with Gasteiger partial charge in [-0.2, -0.15) is 4.68 Å². The van der Waals surface area contributed by atoms with Gasteiger partial charge in [0.05, 0.1) is 17.3 Å². The molecule has 1 aromatic rings. The lowest BCUT2D eigenvalue weighted by Crippen LogP contribution is -2.17. The van der Waals surface area contributed by atoms with E-state index in [2.05, 4.69) is 12.0 Å². The van der Waals surface area contributed by atoms with Crippen molar-refractivity contribution >= 4 is 15.8 Å². The van der Waals surface area contributed by atoms with Crippen molar-refractivity contribution in [3.8, 4) is 0 Å². The fourth-order valence-electron chi connectivity index (χ4n) is 2.39. The van der Waals surface area contributed by atoms with E-state index in [4.69, 9.17) is 5.14 Å². The lowest BCUT2D eigenvalue weighted by molar-refractivity contribution is -0.392. The summed E-state index contributed by atoms with van der Waals surface area (Å²) >= 11 is 0. The highest BCUT2D eigenvalue weighted by Gasteiger charge is 2.32.